The first kappa shape index (κ1) is 29.9. The number of nitrogens with zero attached hydrogens (tertiary/aromatic N) is 2. The van der Waals surface area contributed by atoms with Crippen LogP contribution < -0.4 is 9.47 Å². The van der Waals surface area contributed by atoms with Gasteiger partial charge < -0.3 is 9.47 Å². The standard InChI is InChI=1S/C40H34N2O6/c1-20(2)18-21(3)42-39(45)29-13-9-25-23-7-11-27-35-28(12-8-24(33(23)35)26-10-14-30(40(42)46)36(29)34(25)26)38(44)41(37(27)43)17-16-22-6-15-31(47-4)32(19-22)48-5/h6-15,19-21H,16-18H2,1-5H3. The molecular formula is C40H34N2O6. The maximum absolute atomic E-state index is 14.0. The lowest BCUT2D eigenvalue weighted by molar-refractivity contribution is 0.0532. The zero-order chi connectivity index (χ0) is 33.6. The number of hydrogen-bond acceptors (Lipinski definition) is 6. The van der Waals surface area contributed by atoms with Crippen molar-refractivity contribution < 1.29 is 28.7 Å². The van der Waals surface area contributed by atoms with Gasteiger partial charge in [-0.3, -0.25) is 29.0 Å². The Balaban J connectivity index is 1.25. The maximum atomic E-state index is 14.0. The van der Waals surface area contributed by atoms with Gasteiger partial charge in [-0.05, 0) is 100.0 Å². The van der Waals surface area contributed by atoms with Crippen molar-refractivity contribution in [1.29, 1.82) is 0 Å². The molecule has 0 radical (unpaired) electrons. The first-order valence-electron chi connectivity index (χ1n) is 16.3. The highest BCUT2D eigenvalue weighted by molar-refractivity contribution is 6.41. The minimum atomic E-state index is -0.334. The zero-order valence-corrected chi connectivity index (χ0v) is 27.5. The molecule has 0 saturated heterocycles. The van der Waals surface area contributed by atoms with Crippen molar-refractivity contribution in [2.24, 2.45) is 5.92 Å². The molecule has 2 aliphatic heterocycles. The zero-order valence-electron chi connectivity index (χ0n) is 27.5. The quantitative estimate of drug-likeness (QED) is 0.0967. The minimum Gasteiger partial charge on any atom is -0.493 e. The Labute approximate surface area is 277 Å². The molecule has 6 aromatic carbocycles. The molecule has 2 aliphatic rings. The van der Waals surface area contributed by atoms with Crippen molar-refractivity contribution in [3.63, 3.8) is 0 Å². The van der Waals surface area contributed by atoms with Crippen LogP contribution in [0.2, 0.25) is 0 Å². The van der Waals surface area contributed by atoms with Crippen molar-refractivity contribution in [2.45, 2.75) is 39.7 Å². The van der Waals surface area contributed by atoms with Crippen LogP contribution in [0.25, 0.3) is 43.1 Å². The summed E-state index contributed by atoms with van der Waals surface area (Å²) >= 11 is 0. The minimum absolute atomic E-state index is 0.208. The van der Waals surface area contributed by atoms with Gasteiger partial charge in [-0.1, -0.05) is 44.2 Å². The smallest absolute Gasteiger partial charge is 0.261 e. The molecule has 0 aromatic heterocycles. The van der Waals surface area contributed by atoms with Gasteiger partial charge in [0.2, 0.25) is 0 Å². The molecule has 240 valence electrons. The number of carbonyl (C=O) groups is 4. The third-order valence-corrected chi connectivity index (χ3v) is 10.1. The van der Waals surface area contributed by atoms with E-state index in [0.717, 1.165) is 44.3 Å². The summed E-state index contributed by atoms with van der Waals surface area (Å²) in [5.74, 6) is 0.314. The summed E-state index contributed by atoms with van der Waals surface area (Å²) in [7, 11) is 3.15. The van der Waals surface area contributed by atoms with E-state index in [4.69, 9.17) is 9.47 Å². The first-order chi connectivity index (χ1) is 23.1. The Hall–Kier alpha value is -5.50. The number of ether oxygens (including phenoxy) is 2. The van der Waals surface area contributed by atoms with E-state index in [9.17, 15) is 19.2 Å². The molecule has 0 saturated carbocycles. The van der Waals surface area contributed by atoms with Gasteiger partial charge in [0.25, 0.3) is 23.6 Å². The van der Waals surface area contributed by atoms with Crippen LogP contribution in [0.5, 0.6) is 11.5 Å². The largest absolute Gasteiger partial charge is 0.493 e. The summed E-state index contributed by atoms with van der Waals surface area (Å²) in [6, 6.07) is 20.3. The highest BCUT2D eigenvalue weighted by Gasteiger charge is 2.38. The number of fused-ring (bicyclic) bond motifs is 2. The molecule has 48 heavy (non-hydrogen) atoms. The number of methoxy groups -OCH3 is 2. The van der Waals surface area contributed by atoms with Crippen LogP contribution in [0.15, 0.2) is 66.7 Å². The van der Waals surface area contributed by atoms with Gasteiger partial charge in [0.1, 0.15) is 0 Å². The lowest BCUT2D eigenvalue weighted by Gasteiger charge is -2.33. The second-order valence-corrected chi connectivity index (χ2v) is 13.3. The summed E-state index contributed by atoms with van der Waals surface area (Å²) in [5, 5.41) is 6.49. The van der Waals surface area contributed by atoms with Gasteiger partial charge in [0, 0.05) is 45.6 Å². The monoisotopic (exact) mass is 638 g/mol. The van der Waals surface area contributed by atoms with Crippen molar-refractivity contribution in [3.05, 3.63) is 94.5 Å². The Morgan fingerprint density at radius 3 is 1.46 bits per heavy atom. The molecule has 0 fully saturated rings. The third-order valence-electron chi connectivity index (χ3n) is 10.1. The number of benzene rings is 6. The highest BCUT2D eigenvalue weighted by Crippen LogP contribution is 2.46. The molecule has 0 N–H and O–H groups in total. The van der Waals surface area contributed by atoms with Crippen molar-refractivity contribution in [1.82, 2.24) is 9.80 Å². The van der Waals surface area contributed by atoms with Crippen LogP contribution in [-0.4, -0.2) is 60.2 Å². The summed E-state index contributed by atoms with van der Waals surface area (Å²) in [5.41, 5.74) is 2.91. The Bertz CT molecular complexity index is 2270. The number of amides is 4. The van der Waals surface area contributed by atoms with Gasteiger partial charge in [-0.2, -0.15) is 0 Å². The Kier molecular flexibility index (Phi) is 6.70. The molecule has 2 heterocycles. The van der Waals surface area contributed by atoms with Crippen molar-refractivity contribution >= 4 is 66.7 Å². The van der Waals surface area contributed by atoms with E-state index in [1.165, 1.54) is 9.80 Å². The van der Waals surface area contributed by atoms with Gasteiger partial charge in [0.05, 0.1) is 14.2 Å². The molecule has 0 spiro atoms. The number of rotatable bonds is 8. The first-order valence-corrected chi connectivity index (χ1v) is 16.3. The molecule has 0 bridgehead atoms. The van der Waals surface area contributed by atoms with Crippen LogP contribution >= 0.6 is 0 Å². The summed E-state index contributed by atoms with van der Waals surface area (Å²) in [6.45, 7) is 6.31. The van der Waals surface area contributed by atoms with Crippen molar-refractivity contribution in [3.8, 4) is 11.5 Å². The fraction of sp³-hybridized carbons (Fsp3) is 0.250. The molecule has 1 atom stereocenters. The average Bonchev–Trinajstić information content (AvgIpc) is 3.08. The van der Waals surface area contributed by atoms with E-state index >= 15 is 0 Å². The molecule has 6 aromatic rings. The normalized spacial score (nSPS) is 15.2. The predicted octanol–water partition coefficient (Wildman–Crippen LogP) is 7.62. The van der Waals surface area contributed by atoms with Crippen LogP contribution in [0.1, 0.15) is 74.2 Å². The van der Waals surface area contributed by atoms with Crippen LogP contribution in [0.4, 0.5) is 0 Å². The van der Waals surface area contributed by atoms with E-state index in [-0.39, 0.29) is 36.2 Å². The van der Waals surface area contributed by atoms with E-state index in [1.54, 1.807) is 26.4 Å². The second kappa shape index (κ2) is 10.8. The van der Waals surface area contributed by atoms with Crippen molar-refractivity contribution in [2.75, 3.05) is 20.8 Å². The topological polar surface area (TPSA) is 93.2 Å². The lowest BCUT2D eigenvalue weighted by Crippen LogP contribution is -2.46. The lowest BCUT2D eigenvalue weighted by atomic mass is 9.82. The van der Waals surface area contributed by atoms with Gasteiger partial charge in [-0.25, -0.2) is 0 Å². The highest BCUT2D eigenvalue weighted by atomic mass is 16.5. The molecule has 1 unspecified atom stereocenters. The average molecular weight is 639 g/mol. The van der Waals surface area contributed by atoms with Crippen LogP contribution in [0.3, 0.4) is 0 Å². The molecule has 8 heteroatoms. The SMILES string of the molecule is COc1ccc(CCN2C(=O)c3ccc4c5ccc6c7c(ccc(c8ccc(c3c48)C2=O)c75)C(=O)N(C(C)CC(C)C)C6=O)cc1OC. The van der Waals surface area contributed by atoms with Gasteiger partial charge in [-0.15, -0.1) is 0 Å². The summed E-state index contributed by atoms with van der Waals surface area (Å²) in [6.07, 6.45) is 1.18. The van der Waals surface area contributed by atoms with Crippen LogP contribution in [0, 0.1) is 5.92 Å². The number of imide groups is 2. The maximum Gasteiger partial charge on any atom is 0.261 e. The Morgan fingerprint density at radius 1 is 0.562 bits per heavy atom. The third kappa shape index (κ3) is 4.08. The summed E-state index contributed by atoms with van der Waals surface area (Å²) < 4.78 is 10.8. The molecule has 8 rings (SSSR count). The summed E-state index contributed by atoms with van der Waals surface area (Å²) in [4.78, 5) is 58.4. The van der Waals surface area contributed by atoms with Gasteiger partial charge >= 0.3 is 0 Å². The second-order valence-electron chi connectivity index (χ2n) is 13.3. The van der Waals surface area contributed by atoms with E-state index in [0.29, 0.717) is 56.9 Å². The van der Waals surface area contributed by atoms with E-state index in [1.807, 2.05) is 61.5 Å². The van der Waals surface area contributed by atoms with Gasteiger partial charge in [0.15, 0.2) is 11.5 Å². The molecule has 0 aliphatic carbocycles. The number of carbonyl (C=O) groups excluding carboxylic acids is 4. The Morgan fingerprint density at radius 2 is 1.02 bits per heavy atom. The predicted molar refractivity (Wildman–Crippen MR) is 186 cm³/mol. The fourth-order valence-electron chi connectivity index (χ4n) is 8.00. The molecular weight excluding hydrogens is 604 g/mol. The molecule has 8 nitrogen and oxygen atoms in total. The van der Waals surface area contributed by atoms with E-state index in [2.05, 4.69) is 13.8 Å². The van der Waals surface area contributed by atoms with Crippen LogP contribution in [-0.2, 0) is 6.42 Å². The molecule has 4 amide bonds. The fourth-order valence-corrected chi connectivity index (χ4v) is 8.00. The van der Waals surface area contributed by atoms with E-state index < -0.39 is 0 Å². The number of hydrogen-bond donors (Lipinski definition) is 0.